The average molecular weight is 421 g/mol. The van der Waals surface area contributed by atoms with Crippen molar-refractivity contribution in [2.45, 2.75) is 64.8 Å². The van der Waals surface area contributed by atoms with Gasteiger partial charge in [0.05, 0.1) is 6.54 Å². The minimum atomic E-state index is -0.196. The molecule has 1 atom stereocenters. The normalized spacial score (nSPS) is 17.7. The number of nitrogens with one attached hydrogen (secondary N) is 2. The van der Waals surface area contributed by atoms with Gasteiger partial charge in [-0.1, -0.05) is 26.0 Å². The van der Waals surface area contributed by atoms with Gasteiger partial charge >= 0.3 is 0 Å². The molecule has 1 aliphatic rings. The number of guanidine groups is 1. The van der Waals surface area contributed by atoms with Crippen molar-refractivity contribution in [1.82, 2.24) is 15.5 Å². The number of hydrogen-bond donors (Lipinski definition) is 2. The van der Waals surface area contributed by atoms with Gasteiger partial charge in [-0.3, -0.25) is 4.99 Å². The first-order valence-corrected chi connectivity index (χ1v) is 11.6. The zero-order valence-electron chi connectivity index (χ0n) is 19.3. The summed E-state index contributed by atoms with van der Waals surface area (Å²) in [6.07, 6.45) is 4.09. The summed E-state index contributed by atoms with van der Waals surface area (Å²) in [6, 6.07) is 7.28. The van der Waals surface area contributed by atoms with E-state index < -0.39 is 0 Å². The molecule has 2 N–H and O–H groups in total. The van der Waals surface area contributed by atoms with Crippen LogP contribution in [0.25, 0.3) is 0 Å². The standard InChI is InChI=1S/C24H41FN4O/c1-5-26-23(28-20(4)9-8-16-29(6-2)7-3)27-19-24(14-17-30-18-15-24)21-10-12-22(25)13-11-21/h10-13,20H,5-9,14-19H2,1-4H3,(H2,26,27,28). The molecule has 1 unspecified atom stereocenters. The summed E-state index contributed by atoms with van der Waals surface area (Å²) in [4.78, 5) is 7.42. The van der Waals surface area contributed by atoms with Crippen LogP contribution in [0.4, 0.5) is 4.39 Å². The van der Waals surface area contributed by atoms with E-state index in [0.29, 0.717) is 12.6 Å². The van der Waals surface area contributed by atoms with Gasteiger partial charge in [-0.2, -0.15) is 0 Å². The van der Waals surface area contributed by atoms with Crippen molar-refractivity contribution in [3.8, 4) is 0 Å². The smallest absolute Gasteiger partial charge is 0.191 e. The van der Waals surface area contributed by atoms with E-state index in [-0.39, 0.29) is 11.2 Å². The average Bonchev–Trinajstić information content (AvgIpc) is 2.76. The topological polar surface area (TPSA) is 48.9 Å². The molecular formula is C24H41FN4O. The second kappa shape index (κ2) is 12.9. The van der Waals surface area contributed by atoms with E-state index in [2.05, 4.69) is 43.2 Å². The number of aliphatic imine (C=N–C) groups is 1. The summed E-state index contributed by atoms with van der Waals surface area (Å²) in [7, 11) is 0. The third-order valence-corrected chi connectivity index (χ3v) is 6.18. The maximum Gasteiger partial charge on any atom is 0.191 e. The summed E-state index contributed by atoms with van der Waals surface area (Å²) in [5, 5.41) is 6.96. The maximum atomic E-state index is 13.5. The van der Waals surface area contributed by atoms with Crippen LogP contribution in [0.5, 0.6) is 0 Å². The van der Waals surface area contributed by atoms with Crippen LogP contribution in [0, 0.1) is 5.82 Å². The second-order valence-corrected chi connectivity index (χ2v) is 8.31. The highest BCUT2D eigenvalue weighted by molar-refractivity contribution is 5.80. The quantitative estimate of drug-likeness (QED) is 0.421. The minimum absolute atomic E-state index is 0.0969. The lowest BCUT2D eigenvalue weighted by atomic mass is 9.74. The Bertz CT molecular complexity index is 625. The van der Waals surface area contributed by atoms with E-state index >= 15 is 0 Å². The first kappa shape index (κ1) is 24.6. The lowest BCUT2D eigenvalue weighted by Gasteiger charge is -2.36. The van der Waals surface area contributed by atoms with Crippen molar-refractivity contribution < 1.29 is 9.13 Å². The van der Waals surface area contributed by atoms with Crippen molar-refractivity contribution in [2.75, 3.05) is 45.9 Å². The molecule has 0 bridgehead atoms. The molecule has 0 aromatic heterocycles. The Morgan fingerprint density at radius 2 is 1.83 bits per heavy atom. The summed E-state index contributed by atoms with van der Waals surface area (Å²) in [6.45, 7) is 15.0. The van der Waals surface area contributed by atoms with Crippen LogP contribution in [0.3, 0.4) is 0 Å². The fourth-order valence-corrected chi connectivity index (χ4v) is 4.12. The van der Waals surface area contributed by atoms with Crippen LogP contribution in [0.1, 0.15) is 58.9 Å². The molecule has 0 amide bonds. The molecule has 1 aliphatic heterocycles. The minimum Gasteiger partial charge on any atom is -0.381 e. The fourth-order valence-electron chi connectivity index (χ4n) is 4.12. The SMILES string of the molecule is CCNC(=NCC1(c2ccc(F)cc2)CCOCC1)NC(C)CCCN(CC)CC. The number of halogens is 1. The molecule has 0 spiro atoms. The summed E-state index contributed by atoms with van der Waals surface area (Å²) in [5.41, 5.74) is 1.05. The Balaban J connectivity index is 2.02. The molecule has 2 rings (SSSR count). The van der Waals surface area contributed by atoms with Crippen LogP contribution in [0.2, 0.25) is 0 Å². The van der Waals surface area contributed by atoms with Gasteiger partial charge in [0, 0.05) is 31.2 Å². The van der Waals surface area contributed by atoms with Crippen LogP contribution in [-0.4, -0.2) is 62.8 Å². The van der Waals surface area contributed by atoms with E-state index in [9.17, 15) is 4.39 Å². The highest BCUT2D eigenvalue weighted by Crippen LogP contribution is 2.35. The van der Waals surface area contributed by atoms with Crippen LogP contribution in [0.15, 0.2) is 29.3 Å². The monoisotopic (exact) mass is 420 g/mol. The van der Waals surface area contributed by atoms with Gasteiger partial charge in [0.1, 0.15) is 5.82 Å². The highest BCUT2D eigenvalue weighted by atomic mass is 19.1. The molecule has 1 saturated heterocycles. The molecule has 0 aliphatic carbocycles. The zero-order chi connectivity index (χ0) is 21.8. The first-order valence-electron chi connectivity index (χ1n) is 11.6. The summed E-state index contributed by atoms with van der Waals surface area (Å²) < 4.78 is 19.1. The van der Waals surface area contributed by atoms with Gasteiger partial charge in [0.25, 0.3) is 0 Å². The summed E-state index contributed by atoms with van der Waals surface area (Å²) >= 11 is 0. The molecular weight excluding hydrogens is 379 g/mol. The number of rotatable bonds is 11. The molecule has 1 heterocycles. The summed E-state index contributed by atoms with van der Waals surface area (Å²) in [5.74, 6) is 0.666. The molecule has 0 radical (unpaired) electrons. The van der Waals surface area contributed by atoms with E-state index in [4.69, 9.17) is 9.73 Å². The van der Waals surface area contributed by atoms with Gasteiger partial charge in [0.15, 0.2) is 5.96 Å². The Kier molecular flexibility index (Phi) is 10.6. The first-order chi connectivity index (χ1) is 14.5. The molecule has 0 saturated carbocycles. The van der Waals surface area contributed by atoms with Crippen LogP contribution >= 0.6 is 0 Å². The molecule has 30 heavy (non-hydrogen) atoms. The third kappa shape index (κ3) is 7.55. The lowest BCUT2D eigenvalue weighted by molar-refractivity contribution is 0.0530. The van der Waals surface area contributed by atoms with E-state index in [1.807, 2.05) is 12.1 Å². The lowest BCUT2D eigenvalue weighted by Crippen LogP contribution is -2.44. The Labute approximate surface area is 182 Å². The predicted molar refractivity (Wildman–Crippen MR) is 124 cm³/mol. The number of hydrogen-bond acceptors (Lipinski definition) is 3. The van der Waals surface area contributed by atoms with Gasteiger partial charge in [-0.05, 0) is 76.9 Å². The predicted octanol–water partition coefficient (Wildman–Crippen LogP) is 3.94. The van der Waals surface area contributed by atoms with Gasteiger partial charge in [0.2, 0.25) is 0 Å². The molecule has 170 valence electrons. The molecule has 1 aromatic rings. The van der Waals surface area contributed by atoms with E-state index in [1.165, 1.54) is 6.42 Å². The van der Waals surface area contributed by atoms with Crippen LogP contribution in [-0.2, 0) is 10.2 Å². The van der Waals surface area contributed by atoms with Crippen molar-refractivity contribution in [1.29, 1.82) is 0 Å². The second-order valence-electron chi connectivity index (χ2n) is 8.31. The highest BCUT2D eigenvalue weighted by Gasteiger charge is 2.34. The Morgan fingerprint density at radius 3 is 2.43 bits per heavy atom. The van der Waals surface area contributed by atoms with Gasteiger partial charge in [-0.15, -0.1) is 0 Å². The van der Waals surface area contributed by atoms with Gasteiger partial charge < -0.3 is 20.3 Å². The van der Waals surface area contributed by atoms with E-state index in [1.54, 1.807) is 12.1 Å². The van der Waals surface area contributed by atoms with Crippen LogP contribution < -0.4 is 10.6 Å². The largest absolute Gasteiger partial charge is 0.381 e. The molecule has 1 fully saturated rings. The van der Waals surface area contributed by atoms with E-state index in [0.717, 1.165) is 70.2 Å². The fraction of sp³-hybridized carbons (Fsp3) is 0.708. The maximum absolute atomic E-state index is 13.5. The molecule has 1 aromatic carbocycles. The van der Waals surface area contributed by atoms with Crippen molar-refractivity contribution in [3.63, 3.8) is 0 Å². The third-order valence-electron chi connectivity index (χ3n) is 6.18. The number of ether oxygens (including phenoxy) is 1. The Hall–Kier alpha value is -1.66. The molecule has 6 heteroatoms. The Morgan fingerprint density at radius 1 is 1.17 bits per heavy atom. The van der Waals surface area contributed by atoms with Crippen molar-refractivity contribution in [3.05, 3.63) is 35.6 Å². The number of benzene rings is 1. The number of nitrogens with zero attached hydrogens (tertiary/aromatic N) is 2. The molecule has 5 nitrogen and oxygen atoms in total. The zero-order valence-corrected chi connectivity index (χ0v) is 19.3. The van der Waals surface area contributed by atoms with Gasteiger partial charge in [-0.25, -0.2) is 4.39 Å². The van der Waals surface area contributed by atoms with Crippen molar-refractivity contribution in [2.24, 2.45) is 4.99 Å². The van der Waals surface area contributed by atoms with Crippen molar-refractivity contribution >= 4 is 5.96 Å².